The zero-order valence-corrected chi connectivity index (χ0v) is 21.4. The predicted octanol–water partition coefficient (Wildman–Crippen LogP) is 4.97. The molecule has 0 saturated heterocycles. The van der Waals surface area contributed by atoms with Crippen LogP contribution in [0.15, 0.2) is 82.7 Å². The highest BCUT2D eigenvalue weighted by Gasteiger charge is 2.41. The van der Waals surface area contributed by atoms with Gasteiger partial charge in [0.2, 0.25) is 0 Å². The van der Waals surface area contributed by atoms with Gasteiger partial charge in [-0.25, -0.2) is 21.8 Å². The minimum absolute atomic E-state index is 0.0369. The van der Waals surface area contributed by atoms with Crippen molar-refractivity contribution in [2.75, 3.05) is 6.26 Å². The largest absolute Gasteiger partial charge is 0.612 e. The minimum atomic E-state index is -4.19. The molecule has 1 aliphatic rings. The Morgan fingerprint density at radius 1 is 1.11 bits per heavy atom. The maximum atomic E-state index is 14.2. The molecule has 2 aromatic carbocycles. The second-order valence-electron chi connectivity index (χ2n) is 9.37. The van der Waals surface area contributed by atoms with Crippen LogP contribution in [0.2, 0.25) is 0 Å². The fourth-order valence-electron chi connectivity index (χ4n) is 5.20. The Morgan fingerprint density at radius 3 is 2.42 bits per heavy atom. The molecule has 0 radical (unpaired) electrons. The van der Waals surface area contributed by atoms with Crippen LogP contribution >= 0.6 is 0 Å². The van der Waals surface area contributed by atoms with Crippen LogP contribution in [0.5, 0.6) is 0 Å². The standard InChI is InChI=1S/C27H27FN2O4S2/c1-35(32)23-13-11-21(12-14-23)27(31,17-19-7-5-6-8-19)25-16-20-15-22(28)18-29-26(20)30(25)36(33,34)24-9-3-2-4-10-24/h2-4,9-16,18-19,31H,5-8,17H2,1H3. The van der Waals surface area contributed by atoms with Gasteiger partial charge in [-0.05, 0) is 65.5 Å². The first kappa shape index (κ1) is 25.0. The van der Waals surface area contributed by atoms with Crippen LogP contribution in [0.1, 0.15) is 43.4 Å². The third kappa shape index (κ3) is 4.45. The number of nitrogens with zero attached hydrogens (tertiary/aromatic N) is 2. The van der Waals surface area contributed by atoms with Crippen molar-refractivity contribution in [2.24, 2.45) is 5.92 Å². The Balaban J connectivity index is 1.78. The van der Waals surface area contributed by atoms with E-state index >= 15 is 0 Å². The van der Waals surface area contributed by atoms with Gasteiger partial charge in [-0.2, -0.15) is 0 Å². The average molecular weight is 527 g/mol. The Morgan fingerprint density at radius 2 is 1.78 bits per heavy atom. The third-order valence-electron chi connectivity index (χ3n) is 6.99. The maximum absolute atomic E-state index is 14.2. The topological polar surface area (TPSA) is 95.2 Å². The van der Waals surface area contributed by atoms with E-state index in [1.165, 1.54) is 24.3 Å². The van der Waals surface area contributed by atoms with Crippen LogP contribution in [0.3, 0.4) is 0 Å². The zero-order chi connectivity index (χ0) is 25.5. The van der Waals surface area contributed by atoms with Crippen molar-refractivity contribution in [1.82, 2.24) is 8.96 Å². The van der Waals surface area contributed by atoms with Gasteiger partial charge >= 0.3 is 0 Å². The smallest absolute Gasteiger partial charge is 0.269 e. The second-order valence-corrected chi connectivity index (χ2v) is 12.5. The monoisotopic (exact) mass is 526 g/mol. The molecule has 2 unspecified atom stereocenters. The van der Waals surface area contributed by atoms with Crippen molar-refractivity contribution in [3.8, 4) is 0 Å². The first-order valence-electron chi connectivity index (χ1n) is 11.8. The summed E-state index contributed by atoms with van der Waals surface area (Å²) in [5, 5.41) is 12.7. The van der Waals surface area contributed by atoms with E-state index in [1.54, 1.807) is 48.7 Å². The van der Waals surface area contributed by atoms with E-state index in [0.717, 1.165) is 35.9 Å². The van der Waals surface area contributed by atoms with Gasteiger partial charge in [0, 0.05) is 5.39 Å². The van der Waals surface area contributed by atoms with Gasteiger partial charge in [0.1, 0.15) is 17.7 Å². The van der Waals surface area contributed by atoms with E-state index < -0.39 is 32.6 Å². The molecule has 2 atom stereocenters. The Hall–Kier alpha value is -2.72. The molecule has 1 fully saturated rings. The number of fused-ring (bicyclic) bond motifs is 1. The third-order valence-corrected chi connectivity index (χ3v) is 9.65. The number of aromatic nitrogens is 2. The average Bonchev–Trinajstić information content (AvgIpc) is 3.52. The molecule has 0 amide bonds. The first-order valence-corrected chi connectivity index (χ1v) is 14.8. The minimum Gasteiger partial charge on any atom is -0.612 e. The van der Waals surface area contributed by atoms with Crippen LogP contribution in [0, 0.1) is 11.7 Å². The summed E-state index contributed by atoms with van der Waals surface area (Å²) in [7, 11) is -4.19. The predicted molar refractivity (Wildman–Crippen MR) is 137 cm³/mol. The number of benzene rings is 2. The molecule has 0 spiro atoms. The summed E-state index contributed by atoms with van der Waals surface area (Å²) in [6.07, 6.45) is 6.80. The molecule has 0 bridgehead atoms. The highest BCUT2D eigenvalue weighted by molar-refractivity contribution is 7.90. The molecule has 1 aliphatic carbocycles. The van der Waals surface area contributed by atoms with Crippen LogP contribution < -0.4 is 0 Å². The summed E-state index contributed by atoms with van der Waals surface area (Å²) in [4.78, 5) is 4.76. The van der Waals surface area contributed by atoms with Gasteiger partial charge in [0.25, 0.3) is 10.0 Å². The Bertz CT molecular complexity index is 1480. The van der Waals surface area contributed by atoms with Gasteiger partial charge in [-0.1, -0.05) is 56.0 Å². The lowest BCUT2D eigenvalue weighted by Crippen LogP contribution is -2.34. The molecule has 4 aromatic rings. The summed E-state index contributed by atoms with van der Waals surface area (Å²) < 4.78 is 55.1. The molecule has 2 heterocycles. The van der Waals surface area contributed by atoms with E-state index in [0.29, 0.717) is 16.9 Å². The summed E-state index contributed by atoms with van der Waals surface area (Å²) in [6.45, 7) is 0. The van der Waals surface area contributed by atoms with E-state index in [-0.39, 0.29) is 27.5 Å². The van der Waals surface area contributed by atoms with Gasteiger partial charge in [0.05, 0.1) is 16.8 Å². The number of aliphatic hydroxyl groups is 1. The Labute approximate surface area is 213 Å². The number of halogens is 1. The molecule has 36 heavy (non-hydrogen) atoms. The fraction of sp³-hybridized carbons (Fsp3) is 0.296. The molecule has 0 aliphatic heterocycles. The van der Waals surface area contributed by atoms with Crippen LogP contribution in [-0.4, -0.2) is 33.3 Å². The summed E-state index contributed by atoms with van der Waals surface area (Å²) in [6, 6.07) is 17.4. The van der Waals surface area contributed by atoms with E-state index in [9.17, 15) is 22.5 Å². The van der Waals surface area contributed by atoms with Crippen molar-refractivity contribution in [1.29, 1.82) is 0 Å². The van der Waals surface area contributed by atoms with Gasteiger partial charge < -0.3 is 9.66 Å². The van der Waals surface area contributed by atoms with Crippen molar-refractivity contribution >= 4 is 32.2 Å². The molecule has 9 heteroatoms. The van der Waals surface area contributed by atoms with Gasteiger partial charge in [0.15, 0.2) is 10.5 Å². The van der Waals surface area contributed by atoms with Crippen molar-refractivity contribution in [2.45, 2.75) is 47.5 Å². The summed E-state index contributed by atoms with van der Waals surface area (Å²) in [5.41, 5.74) is -1.07. The molecule has 1 saturated carbocycles. The lowest BCUT2D eigenvalue weighted by atomic mass is 9.81. The molecular weight excluding hydrogens is 499 g/mol. The van der Waals surface area contributed by atoms with E-state index in [4.69, 9.17) is 0 Å². The maximum Gasteiger partial charge on any atom is 0.269 e. The highest BCUT2D eigenvalue weighted by atomic mass is 32.2. The van der Waals surface area contributed by atoms with Crippen molar-refractivity contribution < 1.29 is 22.5 Å². The van der Waals surface area contributed by atoms with Gasteiger partial charge in [-0.15, -0.1) is 0 Å². The zero-order valence-electron chi connectivity index (χ0n) is 19.8. The molecule has 188 valence electrons. The highest BCUT2D eigenvalue weighted by Crippen LogP contribution is 2.43. The lowest BCUT2D eigenvalue weighted by molar-refractivity contribution is 0.0482. The molecule has 6 nitrogen and oxygen atoms in total. The quantitative estimate of drug-likeness (QED) is 0.343. The number of hydrogen-bond donors (Lipinski definition) is 1. The Kier molecular flexibility index (Phi) is 6.67. The fourth-order valence-corrected chi connectivity index (χ4v) is 7.27. The number of pyridine rings is 1. The first-order chi connectivity index (χ1) is 17.2. The number of hydrogen-bond acceptors (Lipinski definition) is 5. The molecule has 5 rings (SSSR count). The van der Waals surface area contributed by atoms with Crippen molar-refractivity contribution in [3.05, 3.63) is 90.0 Å². The van der Waals surface area contributed by atoms with Gasteiger partial charge in [-0.3, -0.25) is 0 Å². The number of rotatable bonds is 7. The molecule has 1 N–H and O–H groups in total. The van der Waals surface area contributed by atoms with E-state index in [2.05, 4.69) is 4.98 Å². The summed E-state index contributed by atoms with van der Waals surface area (Å²) >= 11 is -1.21. The lowest BCUT2D eigenvalue weighted by Gasteiger charge is -2.32. The van der Waals surface area contributed by atoms with Crippen LogP contribution in [0.4, 0.5) is 4.39 Å². The normalized spacial score (nSPS) is 17.3. The summed E-state index contributed by atoms with van der Waals surface area (Å²) in [5.74, 6) is -0.414. The van der Waals surface area contributed by atoms with Crippen LogP contribution in [-0.2, 0) is 26.8 Å². The van der Waals surface area contributed by atoms with Crippen molar-refractivity contribution in [3.63, 3.8) is 0 Å². The molecule has 2 aromatic heterocycles. The molecular formula is C27H27FN2O4S2. The second kappa shape index (κ2) is 9.63. The SMILES string of the molecule is C[S+]([O-])c1ccc(C(O)(CC2CCCC2)c2cc3cc(F)cnc3n2S(=O)(=O)c2ccccc2)cc1. The van der Waals surface area contributed by atoms with E-state index in [1.807, 2.05) is 0 Å². The van der Waals surface area contributed by atoms with Crippen LogP contribution in [0.25, 0.3) is 11.0 Å².